The summed E-state index contributed by atoms with van der Waals surface area (Å²) in [5.74, 6) is 0. The number of rotatable bonds is 0. The first-order chi connectivity index (χ1) is 3.80. The maximum absolute atomic E-state index is 3.92. The monoisotopic (exact) mass is 234 g/mol. The lowest BCUT2D eigenvalue weighted by Gasteiger charge is -1.87. The minimum atomic E-state index is 0.792. The van der Waals surface area contributed by atoms with Crippen LogP contribution in [0.4, 0.5) is 0 Å². The Kier molecular flexibility index (Phi) is 2.02. The molecule has 0 aliphatic rings. The molecule has 1 rings (SSSR count). The molecule has 1 nitrogen and oxygen atoms in total. The SMILES string of the molecule is Brc1[c]ccnc1Br. The summed E-state index contributed by atoms with van der Waals surface area (Å²) in [6, 6.07) is 4.65. The van der Waals surface area contributed by atoms with Crippen molar-refractivity contribution in [3.63, 3.8) is 0 Å². The van der Waals surface area contributed by atoms with E-state index in [0.717, 1.165) is 9.08 Å². The molecular weight excluding hydrogens is 234 g/mol. The summed E-state index contributed by atoms with van der Waals surface area (Å²) in [5, 5.41) is 0. The third-order valence-electron chi connectivity index (χ3n) is 0.654. The largest absolute Gasteiger partial charge is 0.248 e. The van der Waals surface area contributed by atoms with Crippen molar-refractivity contribution in [2.45, 2.75) is 0 Å². The molecule has 0 saturated heterocycles. The van der Waals surface area contributed by atoms with E-state index in [1.807, 2.05) is 0 Å². The van der Waals surface area contributed by atoms with Gasteiger partial charge in [-0.1, -0.05) is 0 Å². The van der Waals surface area contributed by atoms with Gasteiger partial charge in [0.15, 0.2) is 0 Å². The van der Waals surface area contributed by atoms with E-state index in [9.17, 15) is 0 Å². The van der Waals surface area contributed by atoms with Crippen molar-refractivity contribution in [3.05, 3.63) is 27.4 Å². The molecule has 8 heavy (non-hydrogen) atoms. The second-order valence-electron chi connectivity index (χ2n) is 1.19. The smallest absolute Gasteiger partial charge is 0.120 e. The Bertz CT molecular complexity index is 167. The second kappa shape index (κ2) is 2.60. The first-order valence-electron chi connectivity index (χ1n) is 1.98. The summed E-state index contributed by atoms with van der Waals surface area (Å²) in [5.41, 5.74) is 0. The molecule has 0 aromatic carbocycles. The first-order valence-corrected chi connectivity index (χ1v) is 3.57. The number of halogens is 2. The van der Waals surface area contributed by atoms with Crippen molar-refractivity contribution in [3.8, 4) is 0 Å². The summed E-state index contributed by atoms with van der Waals surface area (Å²) in [4.78, 5) is 3.92. The van der Waals surface area contributed by atoms with Gasteiger partial charge in [0, 0.05) is 12.3 Å². The highest BCUT2D eigenvalue weighted by molar-refractivity contribution is 9.13. The number of nitrogens with zero attached hydrogens (tertiary/aromatic N) is 1. The molecule has 0 spiro atoms. The highest BCUT2D eigenvalue weighted by Gasteiger charge is 1.90. The molecule has 0 aliphatic carbocycles. The maximum atomic E-state index is 3.92. The predicted molar refractivity (Wildman–Crippen MR) is 38.5 cm³/mol. The average Bonchev–Trinajstić information content (AvgIpc) is 1.77. The summed E-state index contributed by atoms with van der Waals surface area (Å²) >= 11 is 6.44. The number of aromatic nitrogens is 1. The van der Waals surface area contributed by atoms with Crippen molar-refractivity contribution in [2.24, 2.45) is 0 Å². The third-order valence-corrected chi connectivity index (χ3v) is 2.39. The normalized spacial score (nSPS) is 9.25. The van der Waals surface area contributed by atoms with Crippen LogP contribution in [0.1, 0.15) is 0 Å². The molecule has 0 bridgehead atoms. The van der Waals surface area contributed by atoms with Crippen LogP contribution >= 0.6 is 31.9 Å². The Morgan fingerprint density at radius 3 is 2.62 bits per heavy atom. The minimum absolute atomic E-state index is 0.792. The maximum Gasteiger partial charge on any atom is 0.120 e. The molecule has 0 aliphatic heterocycles. The molecule has 1 aromatic heterocycles. The lowest BCUT2D eigenvalue weighted by atomic mass is 10.5. The predicted octanol–water partition coefficient (Wildman–Crippen LogP) is 2.41. The van der Waals surface area contributed by atoms with Crippen molar-refractivity contribution < 1.29 is 0 Å². The van der Waals surface area contributed by atoms with Crippen LogP contribution in [0.15, 0.2) is 21.3 Å². The highest BCUT2D eigenvalue weighted by atomic mass is 79.9. The van der Waals surface area contributed by atoms with Crippen molar-refractivity contribution >= 4 is 31.9 Å². The van der Waals surface area contributed by atoms with Crippen LogP contribution in [0.3, 0.4) is 0 Å². The topological polar surface area (TPSA) is 12.9 Å². The summed E-state index contributed by atoms with van der Waals surface area (Å²) < 4.78 is 1.65. The van der Waals surface area contributed by atoms with Gasteiger partial charge in [0.2, 0.25) is 0 Å². The lowest BCUT2D eigenvalue weighted by Crippen LogP contribution is -1.72. The van der Waals surface area contributed by atoms with Gasteiger partial charge in [-0.2, -0.15) is 0 Å². The van der Waals surface area contributed by atoms with Crippen molar-refractivity contribution in [2.75, 3.05) is 0 Å². The van der Waals surface area contributed by atoms with E-state index in [4.69, 9.17) is 0 Å². The van der Waals surface area contributed by atoms with Gasteiger partial charge in [-0.05, 0) is 37.9 Å². The zero-order valence-electron chi connectivity index (χ0n) is 3.86. The van der Waals surface area contributed by atoms with Gasteiger partial charge in [-0.15, -0.1) is 0 Å². The number of hydrogen-bond donors (Lipinski definition) is 0. The van der Waals surface area contributed by atoms with Crippen LogP contribution in [0.25, 0.3) is 0 Å². The second-order valence-corrected chi connectivity index (χ2v) is 2.74. The van der Waals surface area contributed by atoms with Crippen LogP contribution in [-0.4, -0.2) is 4.98 Å². The molecule has 1 radical (unpaired) electrons. The van der Waals surface area contributed by atoms with E-state index in [2.05, 4.69) is 42.9 Å². The van der Waals surface area contributed by atoms with Gasteiger partial charge >= 0.3 is 0 Å². The molecule has 0 fully saturated rings. The van der Waals surface area contributed by atoms with Crippen LogP contribution in [0.2, 0.25) is 0 Å². The molecule has 41 valence electrons. The van der Waals surface area contributed by atoms with Crippen LogP contribution in [0, 0.1) is 6.07 Å². The van der Waals surface area contributed by atoms with Gasteiger partial charge in [0.05, 0.1) is 4.47 Å². The van der Waals surface area contributed by atoms with Gasteiger partial charge in [0.1, 0.15) is 4.60 Å². The summed E-state index contributed by atoms with van der Waals surface area (Å²) in [6.45, 7) is 0. The van der Waals surface area contributed by atoms with Crippen LogP contribution in [0.5, 0.6) is 0 Å². The van der Waals surface area contributed by atoms with E-state index >= 15 is 0 Å². The first kappa shape index (κ1) is 6.23. The summed E-state index contributed by atoms with van der Waals surface area (Å²) in [6.07, 6.45) is 1.68. The molecule has 1 heterocycles. The van der Waals surface area contributed by atoms with E-state index < -0.39 is 0 Å². The minimum Gasteiger partial charge on any atom is -0.248 e. The van der Waals surface area contributed by atoms with Gasteiger partial charge in [-0.25, -0.2) is 4.98 Å². The fraction of sp³-hybridized carbons (Fsp3) is 0. The zero-order valence-corrected chi connectivity index (χ0v) is 7.03. The average molecular weight is 236 g/mol. The van der Waals surface area contributed by atoms with Crippen LogP contribution in [-0.2, 0) is 0 Å². The Labute approximate surface area is 64.4 Å². The summed E-state index contributed by atoms with van der Waals surface area (Å²) in [7, 11) is 0. The van der Waals surface area contributed by atoms with E-state index in [1.165, 1.54) is 0 Å². The lowest BCUT2D eigenvalue weighted by molar-refractivity contribution is 1.25. The fourth-order valence-corrected chi connectivity index (χ4v) is 0.797. The fourth-order valence-electron chi connectivity index (χ4n) is 0.329. The number of hydrogen-bond acceptors (Lipinski definition) is 1. The molecule has 3 heteroatoms. The van der Waals surface area contributed by atoms with Crippen LogP contribution < -0.4 is 0 Å². The highest BCUT2D eigenvalue weighted by Crippen LogP contribution is 2.17. The number of pyridine rings is 1. The van der Waals surface area contributed by atoms with E-state index in [1.54, 1.807) is 12.3 Å². The Balaban J connectivity index is 3.13. The molecular formula is C5H2Br2N. The van der Waals surface area contributed by atoms with E-state index in [-0.39, 0.29) is 0 Å². The Morgan fingerprint density at radius 1 is 1.50 bits per heavy atom. The molecule has 0 amide bonds. The Morgan fingerprint density at radius 2 is 2.25 bits per heavy atom. The third kappa shape index (κ3) is 1.29. The standard InChI is InChI=1S/C5H2Br2N/c6-4-2-1-3-8-5(4)7/h1,3H. The van der Waals surface area contributed by atoms with Gasteiger partial charge in [0.25, 0.3) is 0 Å². The van der Waals surface area contributed by atoms with E-state index in [0.29, 0.717) is 0 Å². The zero-order chi connectivity index (χ0) is 5.98. The molecule has 0 atom stereocenters. The molecule has 0 unspecified atom stereocenters. The Hall–Kier alpha value is 0.110. The van der Waals surface area contributed by atoms with Crippen molar-refractivity contribution in [1.29, 1.82) is 0 Å². The molecule has 0 N–H and O–H groups in total. The van der Waals surface area contributed by atoms with Crippen molar-refractivity contribution in [1.82, 2.24) is 4.98 Å². The quantitative estimate of drug-likeness (QED) is 0.630. The van der Waals surface area contributed by atoms with Gasteiger partial charge < -0.3 is 0 Å². The molecule has 1 aromatic rings. The van der Waals surface area contributed by atoms with Gasteiger partial charge in [-0.3, -0.25) is 0 Å². The molecule has 0 saturated carbocycles.